The first-order valence-electron chi connectivity index (χ1n) is 4.07. The van der Waals surface area contributed by atoms with E-state index in [2.05, 4.69) is 32.4 Å². The third kappa shape index (κ3) is 12.9. The number of nitrogens with one attached hydrogen (secondary N) is 1. The molecule has 0 atom stereocenters. The number of carbonyl (C=O) groups excluding carboxylic acids is 2. The molecular weight excluding hydrogens is 220 g/mol. The topological polar surface area (TPSA) is 77.0 Å². The highest BCUT2D eigenvalue weighted by molar-refractivity contribution is 7.96. The van der Waals surface area contributed by atoms with Crippen molar-refractivity contribution in [3.63, 3.8) is 0 Å². The van der Waals surface area contributed by atoms with Gasteiger partial charge in [-0.15, -0.1) is 12.6 Å². The van der Waals surface area contributed by atoms with Crippen LogP contribution in [0.25, 0.3) is 0 Å². The maximum atomic E-state index is 10.7. The number of alkyl carbamates (subject to hydrolysis) is 1. The van der Waals surface area contributed by atoms with Crippen molar-refractivity contribution in [3.8, 4) is 0 Å². The first-order chi connectivity index (χ1) is 7.01. The van der Waals surface area contributed by atoms with Crippen LogP contribution in [-0.2, 0) is 14.3 Å². The minimum atomic E-state index is -0.701. The lowest BCUT2D eigenvalue weighted by Crippen LogP contribution is -2.27. The molecule has 0 heterocycles. The van der Waals surface area contributed by atoms with Crippen molar-refractivity contribution in [1.29, 1.82) is 0 Å². The molecule has 6 nitrogen and oxygen atoms in total. The Morgan fingerprint density at radius 2 is 1.80 bits per heavy atom. The van der Waals surface area contributed by atoms with Crippen molar-refractivity contribution < 1.29 is 19.1 Å². The van der Waals surface area contributed by atoms with Gasteiger partial charge in [-0.25, -0.2) is 4.79 Å². The van der Waals surface area contributed by atoms with Crippen LogP contribution in [0.3, 0.4) is 0 Å². The van der Waals surface area contributed by atoms with Gasteiger partial charge in [0.2, 0.25) is 5.91 Å². The SMILES string of the molecule is CCC(=O)/N=C(\S)NC(=O)OC.COC. The first-order valence-corrected chi connectivity index (χ1v) is 4.52. The van der Waals surface area contributed by atoms with Gasteiger partial charge < -0.3 is 9.47 Å². The average Bonchev–Trinajstić information content (AvgIpc) is 2.18. The van der Waals surface area contributed by atoms with Crippen LogP contribution < -0.4 is 5.32 Å². The molecular formula is C8H16N2O4S. The zero-order valence-corrected chi connectivity index (χ0v) is 10.1. The number of amides is 2. The average molecular weight is 236 g/mol. The van der Waals surface area contributed by atoms with Gasteiger partial charge in [0.15, 0.2) is 5.17 Å². The molecule has 0 aliphatic rings. The number of methoxy groups -OCH3 is 2. The van der Waals surface area contributed by atoms with Gasteiger partial charge in [-0.1, -0.05) is 6.92 Å². The van der Waals surface area contributed by atoms with E-state index < -0.39 is 6.09 Å². The summed E-state index contributed by atoms with van der Waals surface area (Å²) in [5, 5.41) is 2.07. The Hall–Kier alpha value is -1.08. The minimum absolute atomic E-state index is 0.0614. The molecule has 88 valence electrons. The van der Waals surface area contributed by atoms with Crippen molar-refractivity contribution in [2.75, 3.05) is 21.3 Å². The summed E-state index contributed by atoms with van der Waals surface area (Å²) in [6.45, 7) is 1.66. The fourth-order valence-electron chi connectivity index (χ4n) is 0.367. The van der Waals surface area contributed by atoms with Gasteiger partial charge in [-0.2, -0.15) is 4.99 Å². The molecule has 1 N–H and O–H groups in total. The van der Waals surface area contributed by atoms with E-state index >= 15 is 0 Å². The molecule has 0 aliphatic carbocycles. The van der Waals surface area contributed by atoms with E-state index in [1.54, 1.807) is 21.1 Å². The number of ether oxygens (including phenoxy) is 2. The van der Waals surface area contributed by atoms with E-state index in [1.165, 1.54) is 7.11 Å². The molecule has 0 fully saturated rings. The summed E-state index contributed by atoms with van der Waals surface area (Å²) < 4.78 is 8.50. The molecule has 0 unspecified atom stereocenters. The summed E-state index contributed by atoms with van der Waals surface area (Å²) in [7, 11) is 4.46. The van der Waals surface area contributed by atoms with Crippen LogP contribution >= 0.6 is 12.6 Å². The lowest BCUT2D eigenvalue weighted by Gasteiger charge is -1.99. The number of hydrogen-bond acceptors (Lipinski definition) is 4. The predicted octanol–water partition coefficient (Wildman–Crippen LogP) is 0.827. The van der Waals surface area contributed by atoms with Gasteiger partial charge in [0, 0.05) is 20.6 Å². The van der Waals surface area contributed by atoms with Gasteiger partial charge in [0.25, 0.3) is 0 Å². The second-order valence-electron chi connectivity index (χ2n) is 2.21. The van der Waals surface area contributed by atoms with Crippen molar-refractivity contribution in [1.82, 2.24) is 5.32 Å². The van der Waals surface area contributed by atoms with Crippen molar-refractivity contribution >= 4 is 29.8 Å². The molecule has 0 radical (unpaired) electrons. The van der Waals surface area contributed by atoms with Crippen molar-refractivity contribution in [2.24, 2.45) is 4.99 Å². The maximum absolute atomic E-state index is 10.7. The Labute approximate surface area is 94.5 Å². The van der Waals surface area contributed by atoms with Crippen LogP contribution in [0.4, 0.5) is 4.79 Å². The Morgan fingerprint density at radius 1 is 1.33 bits per heavy atom. The van der Waals surface area contributed by atoms with Crippen LogP contribution in [0.1, 0.15) is 13.3 Å². The summed E-state index contributed by atoms with van der Waals surface area (Å²) in [6, 6.07) is 0. The Bertz CT molecular complexity index is 231. The Kier molecular flexibility index (Phi) is 12.0. The third-order valence-electron chi connectivity index (χ3n) is 0.932. The van der Waals surface area contributed by atoms with E-state index in [-0.39, 0.29) is 17.5 Å². The number of thiol groups is 1. The lowest BCUT2D eigenvalue weighted by atomic mass is 10.5. The largest absolute Gasteiger partial charge is 0.453 e. The van der Waals surface area contributed by atoms with Crippen LogP contribution in [0.15, 0.2) is 4.99 Å². The molecule has 0 spiro atoms. The summed E-state index contributed by atoms with van der Waals surface area (Å²) in [4.78, 5) is 24.6. The van der Waals surface area contributed by atoms with Crippen LogP contribution in [0, 0.1) is 0 Å². The fraction of sp³-hybridized carbons (Fsp3) is 0.625. The fourth-order valence-corrected chi connectivity index (χ4v) is 0.570. The molecule has 0 aliphatic heterocycles. The zero-order chi connectivity index (χ0) is 12.3. The number of hydrogen-bond donors (Lipinski definition) is 2. The number of nitrogens with zero attached hydrogens (tertiary/aromatic N) is 1. The van der Waals surface area contributed by atoms with Crippen molar-refractivity contribution in [2.45, 2.75) is 13.3 Å². The van der Waals surface area contributed by atoms with E-state index in [9.17, 15) is 9.59 Å². The molecule has 0 saturated carbocycles. The molecule has 0 saturated heterocycles. The first kappa shape index (κ1) is 16.4. The molecule has 0 aromatic heterocycles. The number of carbonyl (C=O) groups is 2. The monoisotopic (exact) mass is 236 g/mol. The zero-order valence-electron chi connectivity index (χ0n) is 9.23. The predicted molar refractivity (Wildman–Crippen MR) is 60.2 cm³/mol. The number of rotatable bonds is 1. The quantitative estimate of drug-likeness (QED) is 0.401. The molecule has 0 bridgehead atoms. The lowest BCUT2D eigenvalue weighted by molar-refractivity contribution is -0.117. The number of aliphatic imine (C=N–C) groups is 1. The maximum Gasteiger partial charge on any atom is 0.412 e. The highest BCUT2D eigenvalue weighted by atomic mass is 32.1. The second kappa shape index (κ2) is 11.0. The van der Waals surface area contributed by atoms with E-state index in [0.717, 1.165) is 0 Å². The highest BCUT2D eigenvalue weighted by Crippen LogP contribution is 1.87. The van der Waals surface area contributed by atoms with Crippen molar-refractivity contribution in [3.05, 3.63) is 0 Å². The van der Waals surface area contributed by atoms with Gasteiger partial charge in [0.1, 0.15) is 0 Å². The third-order valence-corrected chi connectivity index (χ3v) is 1.14. The number of amidine groups is 1. The Morgan fingerprint density at radius 3 is 2.13 bits per heavy atom. The van der Waals surface area contributed by atoms with Gasteiger partial charge in [-0.05, 0) is 0 Å². The normalized spacial score (nSPS) is 9.80. The summed E-state index contributed by atoms with van der Waals surface area (Å²) in [5.74, 6) is -0.351. The van der Waals surface area contributed by atoms with E-state index in [1.807, 2.05) is 0 Å². The second-order valence-corrected chi connectivity index (χ2v) is 2.63. The van der Waals surface area contributed by atoms with Gasteiger partial charge in [-0.3, -0.25) is 10.1 Å². The van der Waals surface area contributed by atoms with Gasteiger partial charge in [0.05, 0.1) is 7.11 Å². The highest BCUT2D eigenvalue weighted by Gasteiger charge is 2.02. The van der Waals surface area contributed by atoms with E-state index in [0.29, 0.717) is 0 Å². The molecule has 0 rings (SSSR count). The van der Waals surface area contributed by atoms with Crippen LogP contribution in [-0.4, -0.2) is 38.5 Å². The molecule has 7 heteroatoms. The summed E-state index contributed by atoms with van der Waals surface area (Å²) >= 11 is 3.73. The van der Waals surface area contributed by atoms with Crippen LogP contribution in [0.2, 0.25) is 0 Å². The molecule has 2 amide bonds. The standard InChI is InChI=1S/C6H10N2O3S.C2H6O/c1-3-4(9)7-5(12)8-6(10)11-2;1-3-2/h3H2,1-2H3,(H2,7,8,9,10,12);1-2H3. The summed E-state index contributed by atoms with van der Waals surface area (Å²) in [6.07, 6.45) is -0.431. The van der Waals surface area contributed by atoms with E-state index in [4.69, 9.17) is 0 Å². The molecule has 15 heavy (non-hydrogen) atoms. The molecule has 0 aromatic rings. The minimum Gasteiger partial charge on any atom is -0.453 e. The Balaban J connectivity index is 0. The molecule has 0 aromatic carbocycles. The summed E-state index contributed by atoms with van der Waals surface area (Å²) in [5.41, 5.74) is 0. The van der Waals surface area contributed by atoms with Crippen LogP contribution in [0.5, 0.6) is 0 Å². The smallest absolute Gasteiger partial charge is 0.412 e. The van der Waals surface area contributed by atoms with Gasteiger partial charge >= 0.3 is 6.09 Å².